The van der Waals surface area contributed by atoms with Gasteiger partial charge in [-0.1, -0.05) is 127 Å². The second-order valence-corrected chi connectivity index (χ2v) is 14.0. The van der Waals surface area contributed by atoms with E-state index in [4.69, 9.17) is 9.97 Å². The number of thiophene rings is 1. The summed E-state index contributed by atoms with van der Waals surface area (Å²) in [5, 5.41) is 10.4. The van der Waals surface area contributed by atoms with Gasteiger partial charge in [0.05, 0.1) is 38.2 Å². The minimum Gasteiger partial charge on any atom is -0.308 e. The number of benzene rings is 8. The SMILES string of the molecule is c1ccc(-c2nc3ccccc3nc2-c2ccc(-n3c4ccc5ccccc5c4c4c5ccccc5c5c6ccccc6sc5c43)cc2)cc1. The Labute approximate surface area is 291 Å². The van der Waals surface area contributed by atoms with Crippen molar-refractivity contribution in [3.63, 3.8) is 0 Å². The summed E-state index contributed by atoms with van der Waals surface area (Å²) in [7, 11) is 0. The lowest BCUT2D eigenvalue weighted by Gasteiger charge is -2.13. The van der Waals surface area contributed by atoms with E-state index in [1.54, 1.807) is 0 Å². The number of aromatic nitrogens is 3. The van der Waals surface area contributed by atoms with Gasteiger partial charge in [0, 0.05) is 43.1 Å². The lowest BCUT2D eigenvalue weighted by molar-refractivity contribution is 1.19. The summed E-state index contributed by atoms with van der Waals surface area (Å²) in [4.78, 5) is 10.3. The van der Waals surface area contributed by atoms with Gasteiger partial charge in [-0.15, -0.1) is 11.3 Å². The standard InChI is InChI=1S/C46H27N3S/c1-2-13-29(14-3-1)43-44(48-37-20-10-9-19-36(37)47-43)30-22-25-31(26-23-30)49-38-27-24-28-12-4-5-15-32(28)41(38)42-34-17-7-6-16-33(34)40-35-18-8-11-21-39(35)50-46(40)45(42)49/h1-27H. The number of para-hydroxylation sites is 2. The van der Waals surface area contributed by atoms with Crippen LogP contribution in [0.25, 0.3) is 103 Å². The molecule has 3 nitrogen and oxygen atoms in total. The molecule has 0 bridgehead atoms. The van der Waals surface area contributed by atoms with Crippen LogP contribution in [0.4, 0.5) is 0 Å². The summed E-state index contributed by atoms with van der Waals surface area (Å²) >= 11 is 1.90. The Morgan fingerprint density at radius 3 is 1.74 bits per heavy atom. The van der Waals surface area contributed by atoms with Gasteiger partial charge < -0.3 is 4.57 Å². The molecule has 8 aromatic carbocycles. The maximum absolute atomic E-state index is 5.18. The second kappa shape index (κ2) is 10.6. The molecule has 0 amide bonds. The van der Waals surface area contributed by atoms with Crippen molar-refractivity contribution < 1.29 is 0 Å². The molecule has 11 aromatic rings. The third kappa shape index (κ3) is 3.91. The van der Waals surface area contributed by atoms with E-state index in [2.05, 4.69) is 138 Å². The van der Waals surface area contributed by atoms with Gasteiger partial charge >= 0.3 is 0 Å². The number of nitrogens with zero attached hydrogens (tertiary/aromatic N) is 3. The quantitative estimate of drug-likeness (QED) is 0.190. The molecular formula is C46H27N3S. The summed E-state index contributed by atoms with van der Waals surface area (Å²) in [6.45, 7) is 0. The minimum absolute atomic E-state index is 0.882. The Bertz CT molecular complexity index is 3140. The van der Waals surface area contributed by atoms with Crippen molar-refractivity contribution >= 4 is 85.9 Å². The van der Waals surface area contributed by atoms with Crippen LogP contribution < -0.4 is 0 Å². The zero-order valence-corrected chi connectivity index (χ0v) is 27.7. The van der Waals surface area contributed by atoms with E-state index < -0.39 is 0 Å². The molecule has 0 aliphatic rings. The first-order chi connectivity index (χ1) is 24.8. The molecule has 0 radical (unpaired) electrons. The topological polar surface area (TPSA) is 30.7 Å². The highest BCUT2D eigenvalue weighted by Crippen LogP contribution is 2.49. The molecule has 3 heterocycles. The van der Waals surface area contributed by atoms with Gasteiger partial charge in [-0.25, -0.2) is 9.97 Å². The second-order valence-electron chi connectivity index (χ2n) is 12.9. The van der Waals surface area contributed by atoms with Crippen LogP contribution in [0.2, 0.25) is 0 Å². The van der Waals surface area contributed by atoms with Gasteiger partial charge in [-0.3, -0.25) is 0 Å². The minimum atomic E-state index is 0.882. The van der Waals surface area contributed by atoms with Gasteiger partial charge in [-0.05, 0) is 57.9 Å². The summed E-state index contributed by atoms with van der Waals surface area (Å²) in [6.07, 6.45) is 0. The molecule has 0 saturated heterocycles. The van der Waals surface area contributed by atoms with Crippen molar-refractivity contribution in [2.45, 2.75) is 0 Å². The molecular weight excluding hydrogens is 627 g/mol. The molecule has 0 N–H and O–H groups in total. The number of hydrogen-bond donors (Lipinski definition) is 0. The zero-order chi connectivity index (χ0) is 32.8. The Morgan fingerprint density at radius 1 is 0.420 bits per heavy atom. The number of hydrogen-bond acceptors (Lipinski definition) is 3. The highest BCUT2D eigenvalue weighted by molar-refractivity contribution is 7.27. The molecule has 0 fully saturated rings. The van der Waals surface area contributed by atoms with E-state index in [0.29, 0.717) is 0 Å². The maximum Gasteiger partial charge on any atom is 0.0973 e. The van der Waals surface area contributed by atoms with Crippen molar-refractivity contribution in [3.05, 3.63) is 164 Å². The zero-order valence-electron chi connectivity index (χ0n) is 26.8. The third-order valence-electron chi connectivity index (χ3n) is 10.2. The molecule has 50 heavy (non-hydrogen) atoms. The fraction of sp³-hybridized carbons (Fsp3) is 0. The van der Waals surface area contributed by atoms with Crippen molar-refractivity contribution in [3.8, 4) is 28.2 Å². The molecule has 4 heteroatoms. The molecule has 3 aromatic heterocycles. The van der Waals surface area contributed by atoms with Crippen molar-refractivity contribution in [2.24, 2.45) is 0 Å². The van der Waals surface area contributed by atoms with Crippen LogP contribution in [-0.4, -0.2) is 14.5 Å². The van der Waals surface area contributed by atoms with Gasteiger partial charge in [0.25, 0.3) is 0 Å². The first kappa shape index (κ1) is 27.6. The molecule has 0 saturated carbocycles. The number of fused-ring (bicyclic) bond motifs is 13. The van der Waals surface area contributed by atoms with Crippen LogP contribution in [0.3, 0.4) is 0 Å². The van der Waals surface area contributed by atoms with Crippen molar-refractivity contribution in [2.75, 3.05) is 0 Å². The normalized spacial score (nSPS) is 12.0. The van der Waals surface area contributed by atoms with Crippen LogP contribution in [0, 0.1) is 0 Å². The fourth-order valence-corrected chi connectivity index (χ4v) is 9.23. The van der Waals surface area contributed by atoms with Gasteiger partial charge in [0.1, 0.15) is 0 Å². The monoisotopic (exact) mass is 653 g/mol. The van der Waals surface area contributed by atoms with Crippen molar-refractivity contribution in [1.29, 1.82) is 0 Å². The van der Waals surface area contributed by atoms with Crippen LogP contribution in [-0.2, 0) is 0 Å². The largest absolute Gasteiger partial charge is 0.308 e. The van der Waals surface area contributed by atoms with Gasteiger partial charge in [0.15, 0.2) is 0 Å². The van der Waals surface area contributed by atoms with Crippen LogP contribution >= 0.6 is 11.3 Å². The highest BCUT2D eigenvalue weighted by Gasteiger charge is 2.23. The molecule has 0 spiro atoms. The predicted molar refractivity (Wildman–Crippen MR) is 213 cm³/mol. The first-order valence-electron chi connectivity index (χ1n) is 16.9. The molecule has 11 rings (SSSR count). The number of rotatable bonds is 3. The average molecular weight is 654 g/mol. The van der Waals surface area contributed by atoms with Crippen LogP contribution in [0.15, 0.2) is 164 Å². The Morgan fingerprint density at radius 2 is 1.00 bits per heavy atom. The Kier molecular flexibility index (Phi) is 5.83. The lowest BCUT2D eigenvalue weighted by Crippen LogP contribution is -1.97. The van der Waals surface area contributed by atoms with Crippen LogP contribution in [0.5, 0.6) is 0 Å². The fourth-order valence-electron chi connectivity index (χ4n) is 7.97. The molecule has 0 aliphatic heterocycles. The summed E-state index contributed by atoms with van der Waals surface area (Å²) in [5.41, 5.74) is 9.22. The highest BCUT2D eigenvalue weighted by atomic mass is 32.1. The predicted octanol–water partition coefficient (Wildman–Crippen LogP) is 12.7. The van der Waals surface area contributed by atoms with E-state index in [0.717, 1.165) is 39.2 Å². The average Bonchev–Trinajstić information content (AvgIpc) is 3.75. The molecule has 232 valence electrons. The molecule has 0 atom stereocenters. The van der Waals surface area contributed by atoms with E-state index in [1.165, 1.54) is 63.5 Å². The van der Waals surface area contributed by atoms with Crippen LogP contribution in [0.1, 0.15) is 0 Å². The summed E-state index contributed by atoms with van der Waals surface area (Å²) < 4.78 is 5.12. The van der Waals surface area contributed by atoms with E-state index in [-0.39, 0.29) is 0 Å². The first-order valence-corrected chi connectivity index (χ1v) is 17.7. The van der Waals surface area contributed by atoms with Crippen molar-refractivity contribution in [1.82, 2.24) is 14.5 Å². The van der Waals surface area contributed by atoms with Gasteiger partial charge in [0.2, 0.25) is 0 Å². The Balaban J connectivity index is 1.24. The van der Waals surface area contributed by atoms with E-state index in [1.807, 2.05) is 41.7 Å². The van der Waals surface area contributed by atoms with E-state index >= 15 is 0 Å². The maximum atomic E-state index is 5.18. The summed E-state index contributed by atoms with van der Waals surface area (Å²) in [5.74, 6) is 0. The Hall–Kier alpha value is -6.36. The molecule has 0 aliphatic carbocycles. The van der Waals surface area contributed by atoms with E-state index in [9.17, 15) is 0 Å². The molecule has 0 unspecified atom stereocenters. The lowest BCUT2D eigenvalue weighted by atomic mass is 9.97. The van der Waals surface area contributed by atoms with Gasteiger partial charge in [-0.2, -0.15) is 0 Å². The summed E-state index contributed by atoms with van der Waals surface area (Å²) in [6, 6.07) is 58.6. The third-order valence-corrected chi connectivity index (χ3v) is 11.3. The smallest absolute Gasteiger partial charge is 0.0973 e.